The standard InChI is InChI=1S/C17H34N2O4.K/c1-4-6-8-15(20)12-18-10-11-19(14(3)17(22)23)13-16(21)9-7-5-2;/h5,7,14-16,18,20-21H,4,6,8-13H2,1-3H3,(H,22,23);/q;+1/p-1/b7-5+;. The molecule has 0 aliphatic carbocycles. The molecule has 3 atom stereocenters. The van der Waals surface area contributed by atoms with Crippen molar-refractivity contribution in [3.05, 3.63) is 12.2 Å². The van der Waals surface area contributed by atoms with Crippen molar-refractivity contribution in [2.45, 2.75) is 64.7 Å². The van der Waals surface area contributed by atoms with Gasteiger partial charge in [-0.1, -0.05) is 31.9 Å². The molecule has 0 amide bonds. The second kappa shape index (κ2) is 17.1. The fourth-order valence-corrected chi connectivity index (χ4v) is 2.26. The molecular formula is C17H33KN2O4. The molecule has 0 aliphatic heterocycles. The average molecular weight is 369 g/mol. The van der Waals surface area contributed by atoms with Crippen LogP contribution < -0.4 is 61.8 Å². The van der Waals surface area contributed by atoms with Gasteiger partial charge >= 0.3 is 51.4 Å². The largest absolute Gasteiger partial charge is 1.00 e. The minimum Gasteiger partial charge on any atom is -0.548 e. The van der Waals surface area contributed by atoms with Crippen molar-refractivity contribution in [1.29, 1.82) is 0 Å². The first kappa shape index (κ1) is 26.9. The monoisotopic (exact) mass is 368 g/mol. The molecule has 7 heteroatoms. The van der Waals surface area contributed by atoms with Crippen molar-refractivity contribution in [1.82, 2.24) is 10.2 Å². The van der Waals surface area contributed by atoms with Crippen molar-refractivity contribution >= 4 is 5.97 Å². The van der Waals surface area contributed by atoms with Gasteiger partial charge in [-0.2, -0.15) is 0 Å². The van der Waals surface area contributed by atoms with E-state index in [0.29, 0.717) is 26.1 Å². The molecule has 0 aromatic heterocycles. The Bertz CT molecular complexity index is 343. The van der Waals surface area contributed by atoms with Crippen LogP contribution in [-0.2, 0) is 4.79 Å². The van der Waals surface area contributed by atoms with Crippen LogP contribution >= 0.6 is 0 Å². The maximum atomic E-state index is 11.1. The van der Waals surface area contributed by atoms with Crippen LogP contribution in [0.4, 0.5) is 0 Å². The predicted octanol–water partition coefficient (Wildman–Crippen LogP) is -3.10. The molecule has 0 saturated heterocycles. The van der Waals surface area contributed by atoms with Crippen molar-refractivity contribution in [3.8, 4) is 0 Å². The average Bonchev–Trinajstić information content (AvgIpc) is 2.52. The Morgan fingerprint density at radius 1 is 1.33 bits per heavy atom. The van der Waals surface area contributed by atoms with E-state index in [9.17, 15) is 20.1 Å². The predicted molar refractivity (Wildman–Crippen MR) is 89.9 cm³/mol. The first-order valence-corrected chi connectivity index (χ1v) is 8.55. The second-order valence-electron chi connectivity index (χ2n) is 5.95. The number of carboxylic acids is 1. The number of aliphatic carboxylic acids is 1. The molecule has 0 spiro atoms. The molecule has 3 N–H and O–H groups in total. The van der Waals surface area contributed by atoms with Gasteiger partial charge < -0.3 is 25.4 Å². The zero-order valence-electron chi connectivity index (χ0n) is 15.7. The van der Waals surface area contributed by atoms with Crippen LogP contribution in [0.1, 0.15) is 46.5 Å². The van der Waals surface area contributed by atoms with E-state index in [1.54, 1.807) is 11.8 Å². The molecular weight excluding hydrogens is 335 g/mol. The van der Waals surface area contributed by atoms with Crippen LogP contribution in [0.15, 0.2) is 12.2 Å². The van der Waals surface area contributed by atoms with E-state index >= 15 is 0 Å². The quantitative estimate of drug-likeness (QED) is 0.171. The van der Waals surface area contributed by atoms with E-state index in [1.165, 1.54) is 0 Å². The maximum absolute atomic E-state index is 11.1. The third-order valence-corrected chi connectivity index (χ3v) is 3.82. The molecule has 6 nitrogen and oxygen atoms in total. The fraction of sp³-hybridized carbons (Fsp3) is 0.824. The molecule has 0 radical (unpaired) electrons. The number of aliphatic hydroxyl groups is 2. The summed E-state index contributed by atoms with van der Waals surface area (Å²) in [4.78, 5) is 12.8. The molecule has 0 saturated carbocycles. The summed E-state index contributed by atoms with van der Waals surface area (Å²) in [6.45, 7) is 7.32. The molecule has 0 aliphatic rings. The molecule has 0 bridgehead atoms. The molecule has 24 heavy (non-hydrogen) atoms. The summed E-state index contributed by atoms with van der Waals surface area (Å²) >= 11 is 0. The van der Waals surface area contributed by atoms with Gasteiger partial charge in [-0.15, -0.1) is 0 Å². The van der Waals surface area contributed by atoms with Gasteiger partial charge in [0.2, 0.25) is 0 Å². The number of nitrogens with zero attached hydrogens (tertiary/aromatic N) is 1. The smallest absolute Gasteiger partial charge is 0.548 e. The van der Waals surface area contributed by atoms with Crippen LogP contribution in [0.5, 0.6) is 0 Å². The number of nitrogens with one attached hydrogen (secondary N) is 1. The summed E-state index contributed by atoms with van der Waals surface area (Å²) in [5, 5.41) is 33.9. The third kappa shape index (κ3) is 13.9. The summed E-state index contributed by atoms with van der Waals surface area (Å²) in [7, 11) is 0. The topological polar surface area (TPSA) is 95.9 Å². The van der Waals surface area contributed by atoms with Crippen LogP contribution in [0.25, 0.3) is 0 Å². The normalized spacial score (nSPS) is 15.2. The molecule has 0 fully saturated rings. The van der Waals surface area contributed by atoms with E-state index in [4.69, 9.17) is 0 Å². The first-order valence-electron chi connectivity index (χ1n) is 8.55. The minimum absolute atomic E-state index is 0. The van der Waals surface area contributed by atoms with Gasteiger partial charge in [0.15, 0.2) is 0 Å². The van der Waals surface area contributed by atoms with E-state index in [2.05, 4.69) is 12.2 Å². The van der Waals surface area contributed by atoms with Crippen LogP contribution in [-0.4, -0.2) is 65.5 Å². The van der Waals surface area contributed by atoms with E-state index in [0.717, 1.165) is 19.3 Å². The molecule has 0 rings (SSSR count). The Morgan fingerprint density at radius 3 is 2.54 bits per heavy atom. The number of allylic oxidation sites excluding steroid dienone is 1. The van der Waals surface area contributed by atoms with E-state index < -0.39 is 18.1 Å². The summed E-state index contributed by atoms with van der Waals surface area (Å²) in [6.07, 6.45) is 6.04. The summed E-state index contributed by atoms with van der Waals surface area (Å²) in [5.74, 6) is -1.15. The Hall–Kier alpha value is 0.686. The van der Waals surface area contributed by atoms with Crippen molar-refractivity contribution in [3.63, 3.8) is 0 Å². The maximum Gasteiger partial charge on any atom is 1.00 e. The number of hydrogen-bond donors (Lipinski definition) is 3. The van der Waals surface area contributed by atoms with Gasteiger partial charge in [-0.25, -0.2) is 0 Å². The van der Waals surface area contributed by atoms with Crippen molar-refractivity contribution in [2.75, 3.05) is 26.2 Å². The van der Waals surface area contributed by atoms with Gasteiger partial charge in [-0.3, -0.25) is 4.90 Å². The van der Waals surface area contributed by atoms with Crippen LogP contribution in [0.2, 0.25) is 0 Å². The van der Waals surface area contributed by atoms with Gasteiger partial charge in [0.25, 0.3) is 0 Å². The Labute approximate surface area is 189 Å². The summed E-state index contributed by atoms with van der Waals surface area (Å²) < 4.78 is 0. The number of carbonyl (C=O) groups excluding carboxylic acids is 1. The number of hydrogen-bond acceptors (Lipinski definition) is 6. The number of carboxylic acid groups (broad SMARTS) is 1. The first-order chi connectivity index (χ1) is 10.9. The molecule has 0 aromatic carbocycles. The zero-order chi connectivity index (χ0) is 17.7. The number of unbranched alkanes of at least 4 members (excludes halogenated alkanes) is 1. The molecule has 0 aromatic rings. The Kier molecular flexibility index (Phi) is 19.2. The second-order valence-corrected chi connectivity index (χ2v) is 5.95. The van der Waals surface area contributed by atoms with Gasteiger partial charge in [0.1, 0.15) is 0 Å². The fourth-order valence-electron chi connectivity index (χ4n) is 2.26. The van der Waals surface area contributed by atoms with E-state index in [-0.39, 0.29) is 64.0 Å². The van der Waals surface area contributed by atoms with E-state index in [1.807, 2.05) is 19.1 Å². The third-order valence-electron chi connectivity index (χ3n) is 3.82. The van der Waals surface area contributed by atoms with Gasteiger partial charge in [0.05, 0.1) is 18.2 Å². The van der Waals surface area contributed by atoms with Gasteiger partial charge in [-0.05, 0) is 26.7 Å². The van der Waals surface area contributed by atoms with Gasteiger partial charge in [0, 0.05) is 32.2 Å². The SMILES string of the molecule is C/C=C/CC(O)CN(CCNCC(O)CCCC)C(C)C(=O)[O-].[K+]. The van der Waals surface area contributed by atoms with Crippen molar-refractivity contribution in [2.24, 2.45) is 0 Å². The minimum atomic E-state index is -1.15. The summed E-state index contributed by atoms with van der Waals surface area (Å²) in [5.41, 5.74) is 0. The molecule has 3 unspecified atom stereocenters. The molecule has 136 valence electrons. The number of aliphatic hydroxyl groups excluding tert-OH is 2. The Morgan fingerprint density at radius 2 is 2.00 bits per heavy atom. The zero-order valence-corrected chi connectivity index (χ0v) is 18.8. The summed E-state index contributed by atoms with van der Waals surface area (Å²) in [6, 6.07) is -0.762. The van der Waals surface area contributed by atoms with Crippen LogP contribution in [0.3, 0.4) is 0 Å². The van der Waals surface area contributed by atoms with Crippen molar-refractivity contribution < 1.29 is 71.5 Å². The Balaban J connectivity index is 0. The number of rotatable bonds is 14. The molecule has 0 heterocycles. The number of carbonyl (C=O) groups is 1. The van der Waals surface area contributed by atoms with Crippen LogP contribution in [0, 0.1) is 0 Å².